The number of hydrogen-bond donors (Lipinski definition) is 0. The Balaban J connectivity index is 1.47. The van der Waals surface area contributed by atoms with Crippen molar-refractivity contribution in [3.8, 4) is 11.1 Å². The standard InChI is InChI=1S/C30H26ClFN4O4S/c1-20-2-4-26(5-3-20)41(38,39)36-19-28(27-16-25(17-33-30(27)36)34-8-10-40-11-9-34)22-6-7-35(29(37)14-22)18-21-12-23(31)15-24(32)13-21/h2-7,12-17,19H,8-11,18H2,1H3. The zero-order chi connectivity index (χ0) is 28.7. The summed E-state index contributed by atoms with van der Waals surface area (Å²) in [5.74, 6) is -0.483. The molecule has 1 aliphatic rings. The van der Waals surface area contributed by atoms with Crippen molar-refractivity contribution in [2.45, 2.75) is 18.4 Å². The SMILES string of the molecule is Cc1ccc(S(=O)(=O)n2cc(-c3ccn(Cc4cc(F)cc(Cl)c4)c(=O)c3)c3cc(N4CCOCC4)cnc32)cc1. The van der Waals surface area contributed by atoms with Gasteiger partial charge in [-0.2, -0.15) is 0 Å². The summed E-state index contributed by atoms with van der Waals surface area (Å²) in [7, 11) is -3.99. The van der Waals surface area contributed by atoms with Crippen LogP contribution in [0.15, 0.2) is 88.9 Å². The van der Waals surface area contributed by atoms with Crippen LogP contribution < -0.4 is 10.5 Å². The average molecular weight is 593 g/mol. The second kappa shape index (κ2) is 10.8. The summed E-state index contributed by atoms with van der Waals surface area (Å²) in [6.07, 6.45) is 4.79. The predicted molar refractivity (Wildman–Crippen MR) is 157 cm³/mol. The summed E-state index contributed by atoms with van der Waals surface area (Å²) in [5.41, 5.74) is 3.34. The molecule has 4 heterocycles. The molecule has 0 amide bonds. The van der Waals surface area contributed by atoms with E-state index in [-0.39, 0.29) is 27.7 Å². The molecule has 1 aliphatic heterocycles. The van der Waals surface area contributed by atoms with Crippen molar-refractivity contribution < 1.29 is 17.5 Å². The number of aryl methyl sites for hydroxylation is 1. The third-order valence-electron chi connectivity index (χ3n) is 7.13. The number of ether oxygens (including phenoxy) is 1. The van der Waals surface area contributed by atoms with Gasteiger partial charge in [-0.05, 0) is 60.5 Å². The summed E-state index contributed by atoms with van der Waals surface area (Å²) in [6.45, 7) is 4.56. The normalized spacial score (nSPS) is 14.1. The number of fused-ring (bicyclic) bond motifs is 1. The summed E-state index contributed by atoms with van der Waals surface area (Å²) in [5, 5.41) is 0.842. The van der Waals surface area contributed by atoms with Gasteiger partial charge in [0.05, 0.1) is 36.5 Å². The van der Waals surface area contributed by atoms with E-state index in [1.54, 1.807) is 48.8 Å². The molecular formula is C30H26ClFN4O4S. The zero-order valence-corrected chi connectivity index (χ0v) is 23.7. The number of halogens is 2. The number of hydrogen-bond acceptors (Lipinski definition) is 6. The molecule has 0 aliphatic carbocycles. The molecule has 41 heavy (non-hydrogen) atoms. The van der Waals surface area contributed by atoms with Gasteiger partial charge in [0.2, 0.25) is 0 Å². The summed E-state index contributed by atoms with van der Waals surface area (Å²) < 4.78 is 49.4. The van der Waals surface area contributed by atoms with Gasteiger partial charge in [-0.3, -0.25) is 4.79 Å². The second-order valence-corrected chi connectivity index (χ2v) is 12.2. The molecule has 0 spiro atoms. The van der Waals surface area contributed by atoms with Crippen molar-refractivity contribution in [2.24, 2.45) is 0 Å². The molecule has 11 heteroatoms. The van der Waals surface area contributed by atoms with Crippen LogP contribution in [0, 0.1) is 12.7 Å². The monoisotopic (exact) mass is 592 g/mol. The molecule has 5 aromatic rings. The minimum atomic E-state index is -3.99. The fourth-order valence-electron chi connectivity index (χ4n) is 5.00. The van der Waals surface area contributed by atoms with Crippen LogP contribution in [0.2, 0.25) is 5.02 Å². The van der Waals surface area contributed by atoms with E-state index in [9.17, 15) is 17.6 Å². The smallest absolute Gasteiger partial charge is 0.269 e. The van der Waals surface area contributed by atoms with Gasteiger partial charge in [-0.1, -0.05) is 29.3 Å². The molecule has 1 saturated heterocycles. The zero-order valence-electron chi connectivity index (χ0n) is 22.1. The highest BCUT2D eigenvalue weighted by Gasteiger charge is 2.24. The number of rotatable bonds is 6. The topological polar surface area (TPSA) is 86.4 Å². The largest absolute Gasteiger partial charge is 0.378 e. The lowest BCUT2D eigenvalue weighted by molar-refractivity contribution is 0.122. The van der Waals surface area contributed by atoms with Gasteiger partial charge in [-0.15, -0.1) is 0 Å². The second-order valence-electron chi connectivity index (χ2n) is 9.98. The van der Waals surface area contributed by atoms with Crippen LogP contribution >= 0.6 is 11.6 Å². The Labute approximate surface area is 241 Å². The minimum absolute atomic E-state index is 0.128. The summed E-state index contributed by atoms with van der Waals surface area (Å²) in [6, 6.07) is 15.9. The first kappa shape index (κ1) is 27.2. The molecule has 210 valence electrons. The molecule has 0 atom stereocenters. The van der Waals surface area contributed by atoms with E-state index in [0.29, 0.717) is 48.4 Å². The Morgan fingerprint density at radius 1 is 1.02 bits per heavy atom. The Kier molecular flexibility index (Phi) is 7.14. The van der Waals surface area contributed by atoms with Crippen molar-refractivity contribution in [2.75, 3.05) is 31.2 Å². The molecule has 0 saturated carbocycles. The van der Waals surface area contributed by atoms with Crippen LogP contribution in [-0.2, 0) is 21.3 Å². The van der Waals surface area contributed by atoms with Crippen LogP contribution in [0.25, 0.3) is 22.2 Å². The molecule has 1 fully saturated rings. The van der Waals surface area contributed by atoms with E-state index in [1.807, 2.05) is 13.0 Å². The molecule has 8 nitrogen and oxygen atoms in total. The van der Waals surface area contributed by atoms with E-state index in [4.69, 9.17) is 16.3 Å². The van der Waals surface area contributed by atoms with E-state index < -0.39 is 15.8 Å². The lowest BCUT2D eigenvalue weighted by Gasteiger charge is -2.28. The lowest BCUT2D eigenvalue weighted by atomic mass is 10.1. The van der Waals surface area contributed by atoms with Gasteiger partial charge >= 0.3 is 0 Å². The van der Waals surface area contributed by atoms with E-state index in [1.165, 1.54) is 32.9 Å². The van der Waals surface area contributed by atoms with Crippen molar-refractivity contribution in [1.29, 1.82) is 0 Å². The highest BCUT2D eigenvalue weighted by molar-refractivity contribution is 7.90. The molecule has 3 aromatic heterocycles. The van der Waals surface area contributed by atoms with Crippen LogP contribution in [0.3, 0.4) is 0 Å². The lowest BCUT2D eigenvalue weighted by Crippen LogP contribution is -2.36. The van der Waals surface area contributed by atoms with Crippen molar-refractivity contribution in [1.82, 2.24) is 13.5 Å². The van der Waals surface area contributed by atoms with Crippen molar-refractivity contribution in [3.63, 3.8) is 0 Å². The summed E-state index contributed by atoms with van der Waals surface area (Å²) in [4.78, 5) is 20.0. The third kappa shape index (κ3) is 5.38. The first-order chi connectivity index (χ1) is 19.7. The Bertz CT molecular complexity index is 1910. The van der Waals surface area contributed by atoms with Crippen LogP contribution in [0.4, 0.5) is 10.1 Å². The third-order valence-corrected chi connectivity index (χ3v) is 9.02. The molecule has 0 bridgehead atoms. The maximum Gasteiger partial charge on any atom is 0.269 e. The first-order valence-electron chi connectivity index (χ1n) is 13.0. The minimum Gasteiger partial charge on any atom is -0.378 e. The van der Waals surface area contributed by atoms with Gasteiger partial charge in [-0.25, -0.2) is 21.8 Å². The molecule has 0 radical (unpaired) electrons. The van der Waals surface area contributed by atoms with Gasteiger partial charge in [0.15, 0.2) is 5.65 Å². The highest BCUT2D eigenvalue weighted by atomic mass is 35.5. The fourth-order valence-corrected chi connectivity index (χ4v) is 6.57. The number of nitrogens with zero attached hydrogens (tertiary/aromatic N) is 4. The predicted octanol–water partition coefficient (Wildman–Crippen LogP) is 5.09. The van der Waals surface area contributed by atoms with Gasteiger partial charge in [0.25, 0.3) is 15.6 Å². The maximum atomic E-state index is 13.8. The van der Waals surface area contributed by atoms with Crippen LogP contribution in [0.5, 0.6) is 0 Å². The Morgan fingerprint density at radius 3 is 2.49 bits per heavy atom. The Hall–Kier alpha value is -3.99. The van der Waals surface area contributed by atoms with Gasteiger partial charge < -0.3 is 14.2 Å². The van der Waals surface area contributed by atoms with Crippen LogP contribution in [0.1, 0.15) is 11.1 Å². The van der Waals surface area contributed by atoms with Crippen LogP contribution in [-0.4, -0.2) is 48.2 Å². The number of anilines is 1. The van der Waals surface area contributed by atoms with E-state index in [0.717, 1.165) is 11.3 Å². The molecule has 0 unspecified atom stereocenters. The maximum absolute atomic E-state index is 13.8. The van der Waals surface area contributed by atoms with Crippen molar-refractivity contribution >= 4 is 38.3 Å². The fraction of sp³-hybridized carbons (Fsp3) is 0.200. The van der Waals surface area contributed by atoms with Gasteiger partial charge in [0, 0.05) is 47.5 Å². The quantitative estimate of drug-likeness (QED) is 0.273. The first-order valence-corrected chi connectivity index (χ1v) is 14.8. The number of benzene rings is 2. The van der Waals surface area contributed by atoms with E-state index in [2.05, 4.69) is 9.88 Å². The van der Waals surface area contributed by atoms with E-state index >= 15 is 0 Å². The average Bonchev–Trinajstić information content (AvgIpc) is 3.34. The highest BCUT2D eigenvalue weighted by Crippen LogP contribution is 2.34. The number of pyridine rings is 2. The molecule has 0 N–H and O–H groups in total. The molecule has 6 rings (SSSR count). The number of morpholine rings is 1. The Morgan fingerprint density at radius 2 is 1.78 bits per heavy atom. The van der Waals surface area contributed by atoms with Crippen molar-refractivity contribution in [3.05, 3.63) is 112 Å². The van der Waals surface area contributed by atoms with Gasteiger partial charge in [0.1, 0.15) is 5.82 Å². The molecule has 2 aromatic carbocycles. The number of aromatic nitrogens is 3. The summed E-state index contributed by atoms with van der Waals surface area (Å²) >= 11 is 5.98. The molecular weight excluding hydrogens is 567 g/mol.